The maximum Gasteiger partial charge on any atom is 0.331 e. The van der Waals surface area contributed by atoms with Crippen molar-refractivity contribution in [3.8, 4) is 5.75 Å². The standard InChI is InChI=1S/C28H28BrN3O4/c1-18-7-10-22(11-8-18)36-14-13-31-17-19(23-16-20(29)9-12-25(23)31)15-24-26(33)30-28(35)32(27(24)34)21-5-3-2-4-6-21/h7-12,15-17,21H,2-6,13-14H2,1H3,(H,30,33,35)/b24-15+. The Balaban J connectivity index is 1.44. The molecule has 2 fully saturated rings. The SMILES string of the molecule is Cc1ccc(OCCn2cc(/C=C3\C(=O)NC(=O)N(C4CCCCC4)C3=O)c3cc(Br)ccc32)cc1. The molecule has 1 N–H and O–H groups in total. The number of nitrogens with one attached hydrogen (secondary N) is 1. The van der Waals surface area contributed by atoms with Gasteiger partial charge in [-0.2, -0.15) is 0 Å². The third-order valence-electron chi connectivity index (χ3n) is 6.87. The summed E-state index contributed by atoms with van der Waals surface area (Å²) in [5.41, 5.74) is 2.85. The summed E-state index contributed by atoms with van der Waals surface area (Å²) in [5.74, 6) is -0.371. The van der Waals surface area contributed by atoms with Crippen molar-refractivity contribution >= 4 is 50.8 Å². The monoisotopic (exact) mass is 549 g/mol. The molecule has 4 amide bonds. The fraction of sp³-hybridized carbons (Fsp3) is 0.321. The first-order chi connectivity index (χ1) is 17.4. The van der Waals surface area contributed by atoms with E-state index in [1.807, 2.05) is 55.6 Å². The van der Waals surface area contributed by atoms with Crippen LogP contribution in [0.1, 0.15) is 43.2 Å². The van der Waals surface area contributed by atoms with Crippen LogP contribution in [0.25, 0.3) is 17.0 Å². The first-order valence-corrected chi connectivity index (χ1v) is 13.1. The molecule has 1 saturated carbocycles. The molecule has 2 aliphatic rings. The minimum Gasteiger partial charge on any atom is -0.492 e. The number of benzene rings is 2. The van der Waals surface area contributed by atoms with Crippen molar-refractivity contribution in [2.45, 2.75) is 51.6 Å². The van der Waals surface area contributed by atoms with Gasteiger partial charge in [0.15, 0.2) is 0 Å². The van der Waals surface area contributed by atoms with Gasteiger partial charge in [-0.25, -0.2) is 4.79 Å². The Kier molecular flexibility index (Phi) is 6.96. The normalized spacial score (nSPS) is 18.2. The summed E-state index contributed by atoms with van der Waals surface area (Å²) < 4.78 is 8.86. The second-order valence-corrected chi connectivity index (χ2v) is 10.3. The number of amides is 4. The lowest BCUT2D eigenvalue weighted by Crippen LogP contribution is -2.58. The number of hydrogen-bond acceptors (Lipinski definition) is 4. The molecule has 7 nitrogen and oxygen atoms in total. The zero-order valence-electron chi connectivity index (χ0n) is 20.1. The molecule has 0 bridgehead atoms. The highest BCUT2D eigenvalue weighted by atomic mass is 79.9. The van der Waals surface area contributed by atoms with Crippen LogP contribution in [0.5, 0.6) is 5.75 Å². The van der Waals surface area contributed by atoms with E-state index in [0.29, 0.717) is 13.2 Å². The summed E-state index contributed by atoms with van der Waals surface area (Å²) in [5, 5.41) is 3.27. The Morgan fingerprint density at radius 2 is 1.81 bits per heavy atom. The quantitative estimate of drug-likeness (QED) is 0.321. The van der Waals surface area contributed by atoms with Gasteiger partial charge >= 0.3 is 6.03 Å². The van der Waals surface area contributed by atoms with E-state index in [1.165, 1.54) is 10.5 Å². The van der Waals surface area contributed by atoms with Gasteiger partial charge in [0.25, 0.3) is 11.8 Å². The van der Waals surface area contributed by atoms with Crippen LogP contribution in [0.4, 0.5) is 4.79 Å². The van der Waals surface area contributed by atoms with E-state index < -0.39 is 17.8 Å². The van der Waals surface area contributed by atoms with Crippen molar-refractivity contribution in [3.05, 3.63) is 69.8 Å². The smallest absolute Gasteiger partial charge is 0.331 e. The van der Waals surface area contributed by atoms with Crippen LogP contribution in [0.2, 0.25) is 0 Å². The van der Waals surface area contributed by atoms with Gasteiger partial charge in [0, 0.05) is 33.2 Å². The van der Waals surface area contributed by atoms with Gasteiger partial charge in [0.05, 0.1) is 6.54 Å². The number of barbiturate groups is 1. The third-order valence-corrected chi connectivity index (χ3v) is 7.36. The molecule has 1 aliphatic heterocycles. The van der Waals surface area contributed by atoms with Crippen molar-refractivity contribution in [1.29, 1.82) is 0 Å². The van der Waals surface area contributed by atoms with Crippen LogP contribution in [-0.2, 0) is 16.1 Å². The average molecular weight is 550 g/mol. The number of nitrogens with zero attached hydrogens (tertiary/aromatic N) is 2. The summed E-state index contributed by atoms with van der Waals surface area (Å²) in [6.07, 6.45) is 8.11. The van der Waals surface area contributed by atoms with Crippen molar-refractivity contribution in [2.24, 2.45) is 0 Å². The van der Waals surface area contributed by atoms with E-state index in [4.69, 9.17) is 4.74 Å². The zero-order chi connectivity index (χ0) is 25.2. The number of carbonyl (C=O) groups is 3. The van der Waals surface area contributed by atoms with Crippen LogP contribution in [-0.4, -0.2) is 40.0 Å². The summed E-state index contributed by atoms with van der Waals surface area (Å²) in [4.78, 5) is 39.9. The number of ether oxygens (including phenoxy) is 1. The molecule has 0 spiro atoms. The van der Waals surface area contributed by atoms with Gasteiger partial charge in [-0.15, -0.1) is 0 Å². The number of hydrogen-bond donors (Lipinski definition) is 1. The molecular formula is C28H28BrN3O4. The largest absolute Gasteiger partial charge is 0.492 e. The lowest BCUT2D eigenvalue weighted by atomic mass is 9.93. The lowest BCUT2D eigenvalue weighted by Gasteiger charge is -2.35. The second-order valence-electron chi connectivity index (χ2n) is 9.39. The molecule has 2 heterocycles. The highest BCUT2D eigenvalue weighted by molar-refractivity contribution is 9.10. The van der Waals surface area contributed by atoms with Gasteiger partial charge in [-0.3, -0.25) is 19.8 Å². The van der Waals surface area contributed by atoms with Crippen molar-refractivity contribution in [2.75, 3.05) is 6.61 Å². The second kappa shape index (κ2) is 10.3. The van der Waals surface area contributed by atoms with Crippen LogP contribution in [0.3, 0.4) is 0 Å². The number of urea groups is 1. The molecule has 0 atom stereocenters. The predicted octanol–water partition coefficient (Wildman–Crippen LogP) is 5.59. The predicted molar refractivity (Wildman–Crippen MR) is 142 cm³/mol. The molecule has 0 unspecified atom stereocenters. The van der Waals surface area contributed by atoms with Crippen molar-refractivity contribution in [1.82, 2.24) is 14.8 Å². The number of rotatable bonds is 6. The molecule has 8 heteroatoms. The number of imide groups is 2. The fourth-order valence-corrected chi connectivity index (χ4v) is 5.35. The highest BCUT2D eigenvalue weighted by Gasteiger charge is 2.40. The Labute approximate surface area is 218 Å². The summed E-state index contributed by atoms with van der Waals surface area (Å²) in [6.45, 7) is 3.08. The van der Waals surface area contributed by atoms with Crippen LogP contribution >= 0.6 is 15.9 Å². The Hall–Kier alpha value is -3.39. The molecule has 0 radical (unpaired) electrons. The molecule has 1 saturated heterocycles. The van der Waals surface area contributed by atoms with Crippen LogP contribution in [0, 0.1) is 6.92 Å². The zero-order valence-corrected chi connectivity index (χ0v) is 21.7. The van der Waals surface area contributed by atoms with Gasteiger partial charge < -0.3 is 9.30 Å². The number of aryl methyl sites for hydroxylation is 1. The molecular weight excluding hydrogens is 522 g/mol. The van der Waals surface area contributed by atoms with Crippen molar-refractivity contribution in [3.63, 3.8) is 0 Å². The number of aromatic nitrogens is 1. The summed E-state index contributed by atoms with van der Waals surface area (Å²) in [6, 6.07) is 13.0. The van der Waals surface area contributed by atoms with E-state index in [0.717, 1.165) is 58.8 Å². The Bertz CT molecular complexity index is 1350. The van der Waals surface area contributed by atoms with Gasteiger partial charge in [0.1, 0.15) is 17.9 Å². The molecule has 3 aromatic rings. The first-order valence-electron chi connectivity index (χ1n) is 12.3. The maximum atomic E-state index is 13.4. The lowest BCUT2D eigenvalue weighted by molar-refractivity contribution is -0.132. The van der Waals surface area contributed by atoms with E-state index in [2.05, 4.69) is 25.8 Å². The first kappa shape index (κ1) is 24.3. The summed E-state index contributed by atoms with van der Waals surface area (Å²) >= 11 is 3.53. The average Bonchev–Trinajstić information content (AvgIpc) is 3.20. The molecule has 1 aliphatic carbocycles. The number of halogens is 1. The minimum absolute atomic E-state index is 0.0184. The van der Waals surface area contributed by atoms with Crippen molar-refractivity contribution < 1.29 is 19.1 Å². The molecule has 5 rings (SSSR count). The van der Waals surface area contributed by atoms with Gasteiger partial charge in [-0.05, 0) is 56.2 Å². The van der Waals surface area contributed by atoms with E-state index >= 15 is 0 Å². The highest BCUT2D eigenvalue weighted by Crippen LogP contribution is 2.30. The minimum atomic E-state index is -0.657. The summed E-state index contributed by atoms with van der Waals surface area (Å²) in [7, 11) is 0. The molecule has 2 aromatic carbocycles. The topological polar surface area (TPSA) is 80.6 Å². The van der Waals surface area contributed by atoms with E-state index in [9.17, 15) is 14.4 Å². The van der Waals surface area contributed by atoms with Gasteiger partial charge in [0.2, 0.25) is 0 Å². The third kappa shape index (κ3) is 4.95. The fourth-order valence-electron chi connectivity index (χ4n) is 4.99. The maximum absolute atomic E-state index is 13.4. The number of fused-ring (bicyclic) bond motifs is 1. The van der Waals surface area contributed by atoms with Crippen LogP contribution < -0.4 is 10.1 Å². The number of carbonyl (C=O) groups excluding carboxylic acids is 3. The molecule has 36 heavy (non-hydrogen) atoms. The molecule has 1 aromatic heterocycles. The Morgan fingerprint density at radius 1 is 1.06 bits per heavy atom. The van der Waals surface area contributed by atoms with E-state index in [-0.39, 0.29) is 11.6 Å². The van der Waals surface area contributed by atoms with Crippen LogP contribution in [0.15, 0.2) is 58.7 Å². The van der Waals surface area contributed by atoms with E-state index in [1.54, 1.807) is 6.08 Å². The van der Waals surface area contributed by atoms with Gasteiger partial charge in [-0.1, -0.05) is 52.9 Å². The Morgan fingerprint density at radius 3 is 2.56 bits per heavy atom. The molecule has 186 valence electrons.